The van der Waals surface area contributed by atoms with Gasteiger partial charge in [0.2, 0.25) is 59.1 Å². The second-order valence-electron chi connectivity index (χ2n) is 22.1. The van der Waals surface area contributed by atoms with Crippen molar-refractivity contribution >= 4 is 121 Å². The van der Waals surface area contributed by atoms with Crippen LogP contribution in [0, 0.1) is 0 Å². The molecular formula is C60H78ClN19O13S2. The minimum Gasteiger partial charge on any atom is -0.508 e. The number of fused-ring (bicyclic) bond motifs is 1. The van der Waals surface area contributed by atoms with E-state index in [1.54, 1.807) is 42.6 Å². The van der Waals surface area contributed by atoms with Crippen LogP contribution in [0.15, 0.2) is 102 Å². The number of nitrogens with two attached hydrogens (primary N) is 5. The standard InChI is InChI=1S/C60H78ClN19O13S2/c1-31(81)72-43(22-33-12-16-37(82)17-13-33)54(89)73-41(9-5-21-69-60(65)66)52(87)80-48-29-95-94-28-47(50(62)85)79-56(91)45(24-34-26-70-39-7-3-2-6-38(34)39)77-51(86)40(8-4-20-68-59(63)64)74-55(90)44(23-32-10-14-35(61)15-11-32)76-57(92)46(25-36-27-67-30-71-36)78-53(88)42(75-58(48)93)18-19-49(83)84/h2-3,6-7,10-17,26-27,30,40-48,70,82H,4-5,8-9,18-25,28-29H2,1H3,(H2,62,85)(H,67,71)(H,72,81)(H,73,89)(H,74,90)(H,75,93)(H,76,92)(H,77,86)(H,78,88)(H,79,91)(H,80,87)(H,83,84)(H4,63,64,68)(H4,65,66,69)/t40-,41-,42-,43-,44+,45-,46-,47-,48-/m0/s1. The lowest BCUT2D eigenvalue weighted by atomic mass is 10.0. The number of carbonyl (C=O) groups excluding carboxylic acids is 10. The number of hydrogen-bond acceptors (Lipinski definition) is 17. The first kappa shape index (κ1) is 74.0. The summed E-state index contributed by atoms with van der Waals surface area (Å²) in [7, 11) is 1.77. The third-order valence-electron chi connectivity index (χ3n) is 14.7. The summed E-state index contributed by atoms with van der Waals surface area (Å²) in [5.41, 5.74) is 30.8. The van der Waals surface area contributed by atoms with Crippen LogP contribution in [-0.2, 0) is 78.4 Å². The van der Waals surface area contributed by atoms with Crippen LogP contribution in [0.25, 0.3) is 10.9 Å². The number of rotatable bonds is 25. The molecule has 35 heteroatoms. The van der Waals surface area contributed by atoms with E-state index in [9.17, 15) is 63.0 Å². The Kier molecular flexibility index (Phi) is 28.8. The van der Waals surface area contributed by atoms with Gasteiger partial charge in [-0.3, -0.25) is 62.7 Å². The molecule has 95 heavy (non-hydrogen) atoms. The van der Waals surface area contributed by atoms with Crippen LogP contribution in [0.5, 0.6) is 5.75 Å². The second-order valence-corrected chi connectivity index (χ2v) is 25.1. The van der Waals surface area contributed by atoms with E-state index in [1.165, 1.54) is 55.8 Å². The Morgan fingerprint density at radius 1 is 0.642 bits per heavy atom. The summed E-state index contributed by atoms with van der Waals surface area (Å²) in [6.07, 6.45) is 1.91. The molecule has 5 aromatic rings. The zero-order valence-corrected chi connectivity index (χ0v) is 54.0. The Hall–Kier alpha value is -10.1. The molecule has 1 aliphatic heterocycles. The average molecular weight is 1370 g/mol. The number of phenolic OH excluding ortho intramolecular Hbond substituents is 1. The number of aromatic hydroxyl groups is 1. The fourth-order valence-corrected chi connectivity index (χ4v) is 12.3. The van der Waals surface area contributed by atoms with E-state index in [4.69, 9.17) is 40.3 Å². The van der Waals surface area contributed by atoms with Gasteiger partial charge in [0.15, 0.2) is 11.9 Å². The van der Waals surface area contributed by atoms with Crippen molar-refractivity contribution in [1.29, 1.82) is 0 Å². The molecule has 10 amide bonds. The molecule has 1 aliphatic rings. The Bertz CT molecular complexity index is 3550. The molecule has 0 bridgehead atoms. The number of nitrogens with zero attached hydrogens (tertiary/aromatic N) is 3. The number of phenols is 1. The van der Waals surface area contributed by atoms with Crippen LogP contribution in [-0.4, -0.2) is 181 Å². The first-order valence-electron chi connectivity index (χ1n) is 29.9. The van der Waals surface area contributed by atoms with Crippen LogP contribution in [0.4, 0.5) is 0 Å². The number of primary amides is 1. The SMILES string of the molecule is CC(=O)N[C@@H](Cc1ccc(O)cc1)C(=O)N[C@@H](CCCN=C(N)N)C(=O)N[C@H]1CSSC[C@@H](C(N)=O)NC(=O)[C@H](Cc2c[nH]c3ccccc23)NC(=O)[C@H](CCCN=C(N)N)NC(=O)[C@@H](Cc2ccc(Cl)cc2)NC(=O)[C@H](Cc2cnc[nH]2)NC(=O)[C@H](CCC(=O)O)NC1=O. The lowest BCUT2D eigenvalue weighted by Crippen LogP contribution is -2.61. The minimum atomic E-state index is -1.78. The van der Waals surface area contributed by atoms with Gasteiger partial charge in [-0.2, -0.15) is 0 Å². The number of carbonyl (C=O) groups is 11. The van der Waals surface area contributed by atoms with Crippen molar-refractivity contribution in [3.8, 4) is 5.75 Å². The van der Waals surface area contributed by atoms with Crippen molar-refractivity contribution in [1.82, 2.24) is 62.8 Å². The van der Waals surface area contributed by atoms with E-state index in [2.05, 4.69) is 72.8 Å². The normalized spacial score (nSPS) is 20.1. The molecule has 3 aromatic carbocycles. The lowest BCUT2D eigenvalue weighted by Gasteiger charge is -2.28. The molecule has 1 saturated heterocycles. The van der Waals surface area contributed by atoms with Crippen LogP contribution >= 0.6 is 33.2 Å². The third-order valence-corrected chi connectivity index (χ3v) is 17.4. The summed E-state index contributed by atoms with van der Waals surface area (Å²) in [6, 6.07) is 5.29. The van der Waals surface area contributed by atoms with Crippen LogP contribution in [0.3, 0.4) is 0 Å². The molecule has 0 radical (unpaired) electrons. The van der Waals surface area contributed by atoms with E-state index < -0.39 is 138 Å². The van der Waals surface area contributed by atoms with E-state index in [0.29, 0.717) is 32.6 Å². The summed E-state index contributed by atoms with van der Waals surface area (Å²) >= 11 is 6.24. The van der Waals surface area contributed by atoms with E-state index in [1.807, 2.05) is 0 Å². The molecule has 0 saturated carbocycles. The van der Waals surface area contributed by atoms with Crippen molar-refractivity contribution in [3.63, 3.8) is 0 Å². The molecule has 2 aromatic heterocycles. The second kappa shape index (κ2) is 37.0. The molecule has 0 spiro atoms. The number of hydrogen-bond donors (Lipinski definition) is 18. The van der Waals surface area contributed by atoms with E-state index >= 15 is 0 Å². The number of aliphatic carboxylic acids is 1. The van der Waals surface area contributed by atoms with Gasteiger partial charge in [-0.15, -0.1) is 0 Å². The number of carboxylic acids is 1. The number of imidazole rings is 1. The van der Waals surface area contributed by atoms with Crippen molar-refractivity contribution in [2.45, 2.75) is 126 Å². The highest BCUT2D eigenvalue weighted by Crippen LogP contribution is 2.25. The van der Waals surface area contributed by atoms with Gasteiger partial charge in [-0.05, 0) is 79.1 Å². The molecule has 0 aliphatic carbocycles. The quantitative estimate of drug-likeness (QED) is 0.0127. The third kappa shape index (κ3) is 24.7. The highest BCUT2D eigenvalue weighted by Gasteiger charge is 2.37. The van der Waals surface area contributed by atoms with Gasteiger partial charge in [0, 0.05) is 97.6 Å². The number of nitrogens with one attached hydrogen (secondary N) is 11. The maximum atomic E-state index is 14.9. The highest BCUT2D eigenvalue weighted by molar-refractivity contribution is 8.76. The number of benzene rings is 3. The van der Waals surface area contributed by atoms with E-state index in [0.717, 1.165) is 21.6 Å². The van der Waals surface area contributed by atoms with Crippen LogP contribution in [0.1, 0.15) is 67.8 Å². The Morgan fingerprint density at radius 3 is 1.83 bits per heavy atom. The topological polar surface area (TPSA) is 536 Å². The summed E-state index contributed by atoms with van der Waals surface area (Å²) in [5.74, 6) is -12.1. The molecule has 3 heterocycles. The molecule has 32 nitrogen and oxygen atoms in total. The van der Waals surface area contributed by atoms with Crippen molar-refractivity contribution in [2.75, 3.05) is 24.6 Å². The van der Waals surface area contributed by atoms with Gasteiger partial charge in [-0.25, -0.2) is 4.98 Å². The van der Waals surface area contributed by atoms with Gasteiger partial charge in [0.05, 0.1) is 6.33 Å². The number of guanidine groups is 2. The number of aromatic nitrogens is 3. The van der Waals surface area contributed by atoms with Gasteiger partial charge >= 0.3 is 5.97 Å². The molecule has 1 fully saturated rings. The number of aliphatic imine (C=N–C) groups is 2. The smallest absolute Gasteiger partial charge is 0.303 e. The molecule has 9 atom stereocenters. The van der Waals surface area contributed by atoms with Crippen molar-refractivity contribution in [2.24, 2.45) is 38.7 Å². The van der Waals surface area contributed by atoms with Crippen LogP contribution < -0.4 is 76.5 Å². The van der Waals surface area contributed by atoms with Gasteiger partial charge in [0.1, 0.15) is 60.1 Å². The summed E-state index contributed by atoms with van der Waals surface area (Å²) in [6.45, 7) is 1.13. The predicted octanol–water partition coefficient (Wildman–Crippen LogP) is -2.24. The van der Waals surface area contributed by atoms with Crippen molar-refractivity contribution in [3.05, 3.63) is 119 Å². The number of para-hydroxylation sites is 1. The molecule has 510 valence electrons. The zero-order chi connectivity index (χ0) is 69.1. The average Bonchev–Trinajstić information content (AvgIpc) is 1.82. The first-order chi connectivity index (χ1) is 45.3. The number of carboxylic acid groups (broad SMARTS) is 1. The minimum absolute atomic E-state index is 0.00989. The van der Waals surface area contributed by atoms with Crippen molar-refractivity contribution < 1.29 is 63.0 Å². The van der Waals surface area contributed by atoms with Gasteiger partial charge in [0.25, 0.3) is 0 Å². The molecule has 23 N–H and O–H groups in total. The summed E-state index contributed by atoms with van der Waals surface area (Å²) < 4.78 is 0. The van der Waals surface area contributed by atoms with Gasteiger partial charge < -0.3 is 96.7 Å². The number of aromatic amines is 2. The predicted molar refractivity (Wildman–Crippen MR) is 355 cm³/mol. The largest absolute Gasteiger partial charge is 0.508 e. The fraction of sp³-hybridized carbons (Fsp3) is 0.400. The monoisotopic (exact) mass is 1370 g/mol. The summed E-state index contributed by atoms with van der Waals surface area (Å²) in [4.78, 5) is 174. The maximum absolute atomic E-state index is 14.9. The van der Waals surface area contributed by atoms with Gasteiger partial charge in [-0.1, -0.05) is 75.7 Å². The Balaban J connectivity index is 1.43. The van der Waals surface area contributed by atoms with Crippen LogP contribution in [0.2, 0.25) is 5.02 Å². The Morgan fingerprint density at radius 2 is 1.21 bits per heavy atom. The number of amides is 10. The highest BCUT2D eigenvalue weighted by atomic mass is 35.5. The number of halogens is 1. The molecule has 0 unspecified atom stereocenters. The maximum Gasteiger partial charge on any atom is 0.303 e. The lowest BCUT2D eigenvalue weighted by molar-refractivity contribution is -0.138. The zero-order valence-electron chi connectivity index (χ0n) is 51.6. The fourth-order valence-electron chi connectivity index (χ4n) is 9.81. The van der Waals surface area contributed by atoms with E-state index in [-0.39, 0.29) is 93.6 Å². The number of H-pyrrole nitrogens is 2. The Labute approximate surface area is 557 Å². The molecular weight excluding hydrogens is 1290 g/mol. The first-order valence-corrected chi connectivity index (χ1v) is 32.8. The summed E-state index contributed by atoms with van der Waals surface area (Å²) in [5, 5.41) is 44.5. The molecule has 6 rings (SSSR count).